The fraction of sp³-hybridized carbons (Fsp3) is 1.00. The third-order valence-electron chi connectivity index (χ3n) is 2.36. The van der Waals surface area contributed by atoms with E-state index in [1.54, 1.807) is 0 Å². The molecular formula is C8H18N2O4S. The Labute approximate surface area is 90.7 Å². The zero-order valence-electron chi connectivity index (χ0n) is 9.10. The van der Waals surface area contributed by atoms with E-state index in [2.05, 4.69) is 4.72 Å². The highest BCUT2D eigenvalue weighted by Crippen LogP contribution is 2.11. The Morgan fingerprint density at radius 2 is 1.80 bits per heavy atom. The van der Waals surface area contributed by atoms with E-state index in [1.807, 2.05) is 0 Å². The average molecular weight is 238 g/mol. The van der Waals surface area contributed by atoms with Crippen LogP contribution in [0.2, 0.25) is 0 Å². The van der Waals surface area contributed by atoms with Crippen LogP contribution in [0.15, 0.2) is 0 Å². The van der Waals surface area contributed by atoms with Gasteiger partial charge in [-0.25, -0.2) is 0 Å². The predicted octanol–water partition coefficient (Wildman–Crippen LogP) is -0.464. The Morgan fingerprint density at radius 3 is 2.27 bits per heavy atom. The monoisotopic (exact) mass is 238 g/mol. The van der Waals surface area contributed by atoms with E-state index in [0.29, 0.717) is 13.1 Å². The van der Waals surface area contributed by atoms with Gasteiger partial charge in [-0.2, -0.15) is 17.4 Å². The molecule has 0 amide bonds. The molecule has 0 aromatic carbocycles. The summed E-state index contributed by atoms with van der Waals surface area (Å²) in [6, 6.07) is 0. The van der Waals surface area contributed by atoms with Crippen molar-refractivity contribution in [2.75, 3.05) is 33.9 Å². The molecule has 1 fully saturated rings. The van der Waals surface area contributed by atoms with E-state index in [9.17, 15) is 8.42 Å². The van der Waals surface area contributed by atoms with Crippen molar-refractivity contribution in [2.45, 2.75) is 19.1 Å². The van der Waals surface area contributed by atoms with Crippen LogP contribution in [0.1, 0.15) is 12.8 Å². The molecule has 0 aromatic rings. The molecule has 6 nitrogen and oxygen atoms in total. The maximum atomic E-state index is 11.7. The van der Waals surface area contributed by atoms with Gasteiger partial charge in [-0.1, -0.05) is 0 Å². The minimum atomic E-state index is -3.35. The molecule has 90 valence electrons. The van der Waals surface area contributed by atoms with Crippen molar-refractivity contribution in [3.63, 3.8) is 0 Å². The Kier molecular flexibility index (Phi) is 4.94. The van der Waals surface area contributed by atoms with Crippen LogP contribution in [0, 0.1) is 0 Å². The van der Waals surface area contributed by atoms with Gasteiger partial charge in [0.05, 0.1) is 6.54 Å². The van der Waals surface area contributed by atoms with Gasteiger partial charge < -0.3 is 9.47 Å². The molecule has 15 heavy (non-hydrogen) atoms. The van der Waals surface area contributed by atoms with E-state index in [4.69, 9.17) is 9.47 Å². The molecule has 1 saturated heterocycles. The van der Waals surface area contributed by atoms with Crippen molar-refractivity contribution < 1.29 is 17.9 Å². The van der Waals surface area contributed by atoms with Gasteiger partial charge in [0.25, 0.3) is 10.2 Å². The van der Waals surface area contributed by atoms with Crippen molar-refractivity contribution in [1.29, 1.82) is 0 Å². The van der Waals surface area contributed by atoms with E-state index >= 15 is 0 Å². The number of hydrogen-bond acceptors (Lipinski definition) is 4. The van der Waals surface area contributed by atoms with E-state index in [0.717, 1.165) is 12.8 Å². The molecule has 0 aliphatic carbocycles. The van der Waals surface area contributed by atoms with Gasteiger partial charge in [-0.05, 0) is 12.8 Å². The topological polar surface area (TPSA) is 67.9 Å². The summed E-state index contributed by atoms with van der Waals surface area (Å²) < 4.78 is 37.0. The second-order valence-electron chi connectivity index (χ2n) is 3.36. The van der Waals surface area contributed by atoms with Crippen molar-refractivity contribution in [2.24, 2.45) is 0 Å². The molecule has 0 atom stereocenters. The SMILES string of the molecule is COC(CNS(=O)(=O)N1CCCC1)OC. The van der Waals surface area contributed by atoms with Gasteiger partial charge in [0.1, 0.15) is 0 Å². The summed E-state index contributed by atoms with van der Waals surface area (Å²) >= 11 is 0. The lowest BCUT2D eigenvalue weighted by molar-refractivity contribution is -0.0962. The first-order chi connectivity index (χ1) is 7.10. The van der Waals surface area contributed by atoms with Crippen LogP contribution in [-0.2, 0) is 19.7 Å². The molecule has 0 aromatic heterocycles. The van der Waals surface area contributed by atoms with Crippen LogP contribution in [0.4, 0.5) is 0 Å². The Morgan fingerprint density at radius 1 is 1.27 bits per heavy atom. The van der Waals surface area contributed by atoms with Gasteiger partial charge >= 0.3 is 0 Å². The lowest BCUT2D eigenvalue weighted by Crippen LogP contribution is -2.42. The Balaban J connectivity index is 2.42. The number of ether oxygens (including phenoxy) is 2. The van der Waals surface area contributed by atoms with Gasteiger partial charge in [-0.15, -0.1) is 0 Å². The summed E-state index contributed by atoms with van der Waals surface area (Å²) in [4.78, 5) is 0. The summed E-state index contributed by atoms with van der Waals surface area (Å²) in [6.45, 7) is 1.33. The van der Waals surface area contributed by atoms with Gasteiger partial charge in [0, 0.05) is 27.3 Å². The summed E-state index contributed by atoms with van der Waals surface area (Å²) in [6.07, 6.45) is 1.32. The van der Waals surface area contributed by atoms with Crippen LogP contribution < -0.4 is 4.72 Å². The highest BCUT2D eigenvalue weighted by atomic mass is 32.2. The minimum absolute atomic E-state index is 0.131. The van der Waals surface area contributed by atoms with Crippen molar-refractivity contribution in [3.05, 3.63) is 0 Å². The molecule has 0 spiro atoms. The van der Waals surface area contributed by atoms with Crippen LogP contribution in [0.3, 0.4) is 0 Å². The molecule has 7 heteroatoms. The van der Waals surface area contributed by atoms with Crippen molar-refractivity contribution in [1.82, 2.24) is 9.03 Å². The van der Waals surface area contributed by atoms with Gasteiger partial charge in [0.15, 0.2) is 6.29 Å². The smallest absolute Gasteiger partial charge is 0.279 e. The molecule has 1 heterocycles. The van der Waals surface area contributed by atoms with Crippen LogP contribution in [-0.4, -0.2) is 52.9 Å². The molecule has 1 rings (SSSR count). The van der Waals surface area contributed by atoms with Crippen LogP contribution in [0.25, 0.3) is 0 Å². The van der Waals surface area contributed by atoms with Crippen LogP contribution >= 0.6 is 0 Å². The maximum Gasteiger partial charge on any atom is 0.279 e. The van der Waals surface area contributed by atoms with E-state index < -0.39 is 16.5 Å². The third kappa shape index (κ3) is 3.69. The lowest BCUT2D eigenvalue weighted by Gasteiger charge is -2.18. The summed E-state index contributed by atoms with van der Waals surface area (Å²) in [5, 5.41) is 0. The fourth-order valence-electron chi connectivity index (χ4n) is 1.46. The second kappa shape index (κ2) is 5.76. The number of methoxy groups -OCH3 is 2. The van der Waals surface area contributed by atoms with Crippen molar-refractivity contribution in [3.8, 4) is 0 Å². The molecule has 0 radical (unpaired) electrons. The average Bonchev–Trinajstić information content (AvgIpc) is 2.72. The zero-order chi connectivity index (χ0) is 11.3. The van der Waals surface area contributed by atoms with Gasteiger partial charge in [-0.3, -0.25) is 0 Å². The molecule has 0 bridgehead atoms. The molecule has 1 aliphatic heterocycles. The van der Waals surface area contributed by atoms with E-state index in [1.165, 1.54) is 18.5 Å². The lowest BCUT2D eigenvalue weighted by atomic mass is 10.4. The molecule has 0 unspecified atom stereocenters. The number of hydrogen-bond donors (Lipinski definition) is 1. The normalized spacial score (nSPS) is 18.9. The first-order valence-corrected chi connectivity index (χ1v) is 6.34. The summed E-state index contributed by atoms with van der Waals surface area (Å²) in [7, 11) is -0.411. The maximum absolute atomic E-state index is 11.7. The molecule has 0 saturated carbocycles. The minimum Gasteiger partial charge on any atom is -0.355 e. The van der Waals surface area contributed by atoms with Crippen LogP contribution in [0.5, 0.6) is 0 Å². The standard InChI is InChI=1S/C8H18N2O4S/c1-13-8(14-2)7-9-15(11,12)10-5-3-4-6-10/h8-9H,3-7H2,1-2H3. The summed E-state index contributed by atoms with van der Waals surface area (Å²) in [5.41, 5.74) is 0. The Bertz CT molecular complexity index is 270. The largest absolute Gasteiger partial charge is 0.355 e. The molecular weight excluding hydrogens is 220 g/mol. The number of nitrogens with one attached hydrogen (secondary N) is 1. The Hall–Kier alpha value is -0.210. The molecule has 1 aliphatic rings. The van der Waals surface area contributed by atoms with Crippen molar-refractivity contribution >= 4 is 10.2 Å². The third-order valence-corrected chi connectivity index (χ3v) is 3.94. The van der Waals surface area contributed by atoms with E-state index in [-0.39, 0.29) is 6.54 Å². The molecule has 1 N–H and O–H groups in total. The summed E-state index contributed by atoms with van der Waals surface area (Å²) in [5.74, 6) is 0. The van der Waals surface area contributed by atoms with Gasteiger partial charge in [0.2, 0.25) is 0 Å². The highest BCUT2D eigenvalue weighted by Gasteiger charge is 2.25. The fourth-order valence-corrected chi connectivity index (χ4v) is 2.72. The number of nitrogens with zero attached hydrogens (tertiary/aromatic N) is 1. The first-order valence-electron chi connectivity index (χ1n) is 4.90. The number of rotatable bonds is 6. The predicted molar refractivity (Wildman–Crippen MR) is 55.5 cm³/mol. The first kappa shape index (κ1) is 12.9. The quantitative estimate of drug-likeness (QED) is 0.636. The zero-order valence-corrected chi connectivity index (χ0v) is 9.92. The highest BCUT2D eigenvalue weighted by molar-refractivity contribution is 7.87. The second-order valence-corrected chi connectivity index (χ2v) is 5.12.